The predicted octanol–water partition coefficient (Wildman–Crippen LogP) is 1.90. The lowest BCUT2D eigenvalue weighted by atomic mass is 9.93. The number of carbonyl (C=O) groups excluding carboxylic acids is 1. The van der Waals surface area contributed by atoms with E-state index in [2.05, 4.69) is 0 Å². The maximum atomic E-state index is 12.3. The van der Waals surface area contributed by atoms with Gasteiger partial charge in [-0.2, -0.15) is 0 Å². The highest BCUT2D eigenvalue weighted by atomic mass is 16.2. The summed E-state index contributed by atoms with van der Waals surface area (Å²) in [7, 11) is 1.99. The molecule has 2 rings (SSSR count). The molecule has 16 heavy (non-hydrogen) atoms. The second-order valence-corrected chi connectivity index (χ2v) is 5.51. The van der Waals surface area contributed by atoms with Crippen molar-refractivity contribution in [3.05, 3.63) is 0 Å². The Morgan fingerprint density at radius 3 is 2.38 bits per heavy atom. The fourth-order valence-electron chi connectivity index (χ4n) is 3.18. The van der Waals surface area contributed by atoms with E-state index >= 15 is 0 Å². The molecule has 2 unspecified atom stereocenters. The zero-order valence-corrected chi connectivity index (χ0v) is 10.3. The minimum absolute atomic E-state index is 0.210. The summed E-state index contributed by atoms with van der Waals surface area (Å²) in [4.78, 5) is 14.3. The number of amides is 1. The molecule has 0 bridgehead atoms. The molecule has 1 amide bonds. The number of nitrogens with zero attached hydrogens (tertiary/aromatic N) is 1. The monoisotopic (exact) mass is 224 g/mol. The minimum atomic E-state index is 0.210. The first kappa shape index (κ1) is 11.9. The molecule has 0 radical (unpaired) electrons. The van der Waals surface area contributed by atoms with Gasteiger partial charge in [-0.25, -0.2) is 0 Å². The zero-order valence-electron chi connectivity index (χ0n) is 10.3. The molecule has 0 aromatic heterocycles. The summed E-state index contributed by atoms with van der Waals surface area (Å²) >= 11 is 0. The Hall–Kier alpha value is -0.570. The zero-order chi connectivity index (χ0) is 11.5. The van der Waals surface area contributed by atoms with Crippen LogP contribution in [0.15, 0.2) is 0 Å². The maximum Gasteiger partial charge on any atom is 0.225 e. The van der Waals surface area contributed by atoms with E-state index in [9.17, 15) is 4.79 Å². The Morgan fingerprint density at radius 2 is 1.81 bits per heavy atom. The second kappa shape index (κ2) is 5.17. The fourth-order valence-corrected chi connectivity index (χ4v) is 3.18. The number of nitrogens with two attached hydrogens (primary N) is 1. The van der Waals surface area contributed by atoms with Gasteiger partial charge in [0.25, 0.3) is 0 Å². The Labute approximate surface area is 98.4 Å². The van der Waals surface area contributed by atoms with Gasteiger partial charge in [0.15, 0.2) is 0 Å². The van der Waals surface area contributed by atoms with Gasteiger partial charge in [0.05, 0.1) is 0 Å². The van der Waals surface area contributed by atoms with E-state index in [1.807, 2.05) is 11.9 Å². The van der Waals surface area contributed by atoms with Crippen LogP contribution in [0.1, 0.15) is 51.4 Å². The quantitative estimate of drug-likeness (QED) is 0.778. The third-order valence-corrected chi connectivity index (χ3v) is 4.29. The van der Waals surface area contributed by atoms with E-state index in [0.29, 0.717) is 11.9 Å². The lowest BCUT2D eigenvalue weighted by molar-refractivity contribution is -0.136. The first-order valence-electron chi connectivity index (χ1n) is 6.70. The topological polar surface area (TPSA) is 46.3 Å². The number of carbonyl (C=O) groups is 1. The van der Waals surface area contributed by atoms with Crippen LogP contribution in [0.5, 0.6) is 0 Å². The van der Waals surface area contributed by atoms with Crippen LogP contribution in [0.25, 0.3) is 0 Å². The van der Waals surface area contributed by atoms with E-state index in [1.54, 1.807) is 0 Å². The summed E-state index contributed by atoms with van der Waals surface area (Å²) in [5, 5.41) is 0. The molecule has 2 aliphatic carbocycles. The summed E-state index contributed by atoms with van der Waals surface area (Å²) < 4.78 is 0. The average molecular weight is 224 g/mol. The summed E-state index contributed by atoms with van der Waals surface area (Å²) in [6.07, 6.45) is 9.22. The molecule has 0 aromatic carbocycles. The van der Waals surface area contributed by atoms with Crippen molar-refractivity contribution in [3.63, 3.8) is 0 Å². The SMILES string of the molecule is CN(C(=O)C1CCC(N)C1)C1CCCCC1. The molecule has 0 saturated heterocycles. The van der Waals surface area contributed by atoms with Crippen molar-refractivity contribution in [2.24, 2.45) is 11.7 Å². The maximum absolute atomic E-state index is 12.3. The molecule has 2 saturated carbocycles. The number of rotatable bonds is 2. The summed E-state index contributed by atoms with van der Waals surface area (Å²) in [5.74, 6) is 0.557. The van der Waals surface area contributed by atoms with Gasteiger partial charge in [-0.05, 0) is 32.1 Å². The fraction of sp³-hybridized carbons (Fsp3) is 0.923. The standard InChI is InChI=1S/C13H24N2O/c1-15(12-5-3-2-4-6-12)13(16)10-7-8-11(14)9-10/h10-12H,2-9,14H2,1H3. The highest BCUT2D eigenvalue weighted by molar-refractivity contribution is 5.79. The van der Waals surface area contributed by atoms with Crippen molar-refractivity contribution in [3.8, 4) is 0 Å². The third kappa shape index (κ3) is 2.57. The molecule has 3 heteroatoms. The van der Waals surface area contributed by atoms with Crippen LogP contribution in [0.4, 0.5) is 0 Å². The van der Waals surface area contributed by atoms with Crippen molar-refractivity contribution in [1.29, 1.82) is 0 Å². The third-order valence-electron chi connectivity index (χ3n) is 4.29. The highest BCUT2D eigenvalue weighted by Crippen LogP contribution is 2.28. The van der Waals surface area contributed by atoms with Crippen LogP contribution in [0.3, 0.4) is 0 Å². The molecule has 2 fully saturated rings. The molecule has 92 valence electrons. The van der Waals surface area contributed by atoms with Crippen molar-refractivity contribution in [2.45, 2.75) is 63.5 Å². The first-order chi connectivity index (χ1) is 7.68. The Balaban J connectivity index is 1.88. The van der Waals surface area contributed by atoms with Crippen molar-refractivity contribution in [1.82, 2.24) is 4.90 Å². The van der Waals surface area contributed by atoms with Crippen LogP contribution in [-0.4, -0.2) is 29.9 Å². The lowest BCUT2D eigenvalue weighted by Gasteiger charge is -2.33. The summed E-state index contributed by atoms with van der Waals surface area (Å²) in [5.41, 5.74) is 5.87. The normalized spacial score (nSPS) is 31.6. The highest BCUT2D eigenvalue weighted by Gasteiger charge is 2.32. The van der Waals surface area contributed by atoms with E-state index in [4.69, 9.17) is 5.73 Å². The summed E-state index contributed by atoms with van der Waals surface area (Å²) in [6.45, 7) is 0. The van der Waals surface area contributed by atoms with Crippen LogP contribution < -0.4 is 5.73 Å². The molecule has 2 aliphatic rings. The first-order valence-corrected chi connectivity index (χ1v) is 6.70. The smallest absolute Gasteiger partial charge is 0.225 e. The van der Waals surface area contributed by atoms with Gasteiger partial charge in [-0.1, -0.05) is 19.3 Å². The van der Waals surface area contributed by atoms with Gasteiger partial charge in [-0.15, -0.1) is 0 Å². The molecule has 2 atom stereocenters. The Bertz CT molecular complexity index is 248. The van der Waals surface area contributed by atoms with Crippen LogP contribution in [0, 0.1) is 5.92 Å². The van der Waals surface area contributed by atoms with Crippen LogP contribution >= 0.6 is 0 Å². The van der Waals surface area contributed by atoms with Crippen molar-refractivity contribution >= 4 is 5.91 Å². The van der Waals surface area contributed by atoms with Crippen molar-refractivity contribution in [2.75, 3.05) is 7.05 Å². The van der Waals surface area contributed by atoms with Gasteiger partial charge in [0.1, 0.15) is 0 Å². The van der Waals surface area contributed by atoms with E-state index in [1.165, 1.54) is 32.1 Å². The molecular weight excluding hydrogens is 200 g/mol. The predicted molar refractivity (Wildman–Crippen MR) is 65.0 cm³/mol. The van der Waals surface area contributed by atoms with E-state index < -0.39 is 0 Å². The molecular formula is C13H24N2O. The molecule has 3 nitrogen and oxygen atoms in total. The number of hydrogen-bond donors (Lipinski definition) is 1. The van der Waals surface area contributed by atoms with Crippen LogP contribution in [0.2, 0.25) is 0 Å². The molecule has 0 aromatic rings. The van der Waals surface area contributed by atoms with Crippen molar-refractivity contribution < 1.29 is 4.79 Å². The Kier molecular flexibility index (Phi) is 3.85. The molecule has 0 heterocycles. The molecule has 2 N–H and O–H groups in total. The molecule has 0 spiro atoms. The lowest BCUT2D eigenvalue weighted by Crippen LogP contribution is -2.41. The number of hydrogen-bond acceptors (Lipinski definition) is 2. The van der Waals surface area contributed by atoms with Gasteiger partial charge >= 0.3 is 0 Å². The van der Waals surface area contributed by atoms with Gasteiger partial charge in [0.2, 0.25) is 5.91 Å². The van der Waals surface area contributed by atoms with Gasteiger partial charge in [-0.3, -0.25) is 4.79 Å². The minimum Gasteiger partial charge on any atom is -0.343 e. The molecule has 0 aliphatic heterocycles. The Morgan fingerprint density at radius 1 is 1.12 bits per heavy atom. The van der Waals surface area contributed by atoms with Gasteiger partial charge < -0.3 is 10.6 Å². The summed E-state index contributed by atoms with van der Waals surface area (Å²) in [6, 6.07) is 0.756. The van der Waals surface area contributed by atoms with E-state index in [0.717, 1.165) is 19.3 Å². The van der Waals surface area contributed by atoms with Gasteiger partial charge in [0, 0.05) is 25.0 Å². The average Bonchev–Trinajstić information content (AvgIpc) is 2.75. The van der Waals surface area contributed by atoms with E-state index in [-0.39, 0.29) is 12.0 Å². The van der Waals surface area contributed by atoms with Crippen LogP contribution in [-0.2, 0) is 4.79 Å². The second-order valence-electron chi connectivity index (χ2n) is 5.51. The largest absolute Gasteiger partial charge is 0.343 e.